The zero-order chi connectivity index (χ0) is 27.6. The van der Waals surface area contributed by atoms with E-state index in [9.17, 15) is 14.9 Å². The van der Waals surface area contributed by atoms with Crippen LogP contribution in [0, 0.1) is 10.1 Å². The number of piperazine rings is 1. The monoisotopic (exact) mass is 534 g/mol. The summed E-state index contributed by atoms with van der Waals surface area (Å²) >= 11 is 0. The number of non-ortho nitro benzene ring substituents is 1. The van der Waals surface area contributed by atoms with E-state index in [1.54, 1.807) is 29.8 Å². The van der Waals surface area contributed by atoms with Gasteiger partial charge in [0.25, 0.3) is 11.6 Å². The zero-order valence-corrected chi connectivity index (χ0v) is 21.8. The van der Waals surface area contributed by atoms with Crippen LogP contribution >= 0.6 is 0 Å². The summed E-state index contributed by atoms with van der Waals surface area (Å²) in [6.07, 6.45) is 0. The summed E-state index contributed by atoms with van der Waals surface area (Å²) < 4.78 is 7.19. The molecular formula is C30H26N6O4. The molecule has 1 saturated heterocycles. The maximum absolute atomic E-state index is 14.0. The molecule has 0 bridgehead atoms. The molecule has 0 spiro atoms. The number of fused-ring (bicyclic) bond motifs is 1. The number of ether oxygens (including phenoxy) is 1. The summed E-state index contributed by atoms with van der Waals surface area (Å²) in [5.74, 6) is 0.520. The van der Waals surface area contributed by atoms with Crippen LogP contribution in [0.15, 0.2) is 91.0 Å². The highest BCUT2D eigenvalue weighted by molar-refractivity contribution is 5.95. The topological polar surface area (TPSA) is 106 Å². The normalized spacial score (nSPS) is 13.4. The second-order valence-electron chi connectivity index (χ2n) is 9.45. The lowest BCUT2D eigenvalue weighted by Gasteiger charge is -2.36. The van der Waals surface area contributed by atoms with Crippen molar-refractivity contribution in [2.75, 3.05) is 38.2 Å². The van der Waals surface area contributed by atoms with Crippen molar-refractivity contribution in [3.05, 3.63) is 107 Å². The molecule has 0 aliphatic carbocycles. The number of aromatic nitrogens is 3. The Balaban J connectivity index is 1.34. The van der Waals surface area contributed by atoms with E-state index < -0.39 is 4.92 Å². The summed E-state index contributed by atoms with van der Waals surface area (Å²) in [6, 6.07) is 27.5. The standard InChI is InChI=1S/C30H26N6O4/c1-40-28-10-6-5-9-24(28)26-19-27(35-29(31-26)20-25(32-35)21-7-3-2-4-8-21)30(37)34-17-15-33(16-18-34)22-11-13-23(14-12-22)36(38)39/h2-14,19-20H,15-18H2,1H3. The van der Waals surface area contributed by atoms with E-state index in [0.29, 0.717) is 49.0 Å². The average molecular weight is 535 g/mol. The van der Waals surface area contributed by atoms with Crippen molar-refractivity contribution in [1.29, 1.82) is 0 Å². The molecule has 0 radical (unpaired) electrons. The number of nitro groups is 1. The molecule has 0 unspecified atom stereocenters. The van der Waals surface area contributed by atoms with Gasteiger partial charge in [0.15, 0.2) is 5.65 Å². The van der Waals surface area contributed by atoms with Crippen molar-refractivity contribution in [2.24, 2.45) is 0 Å². The number of benzene rings is 3. The molecule has 3 aromatic carbocycles. The summed E-state index contributed by atoms with van der Waals surface area (Å²) in [7, 11) is 1.61. The second kappa shape index (κ2) is 10.5. The average Bonchev–Trinajstić information content (AvgIpc) is 3.45. The van der Waals surface area contributed by atoms with E-state index in [-0.39, 0.29) is 11.6 Å². The number of carbonyl (C=O) groups excluding carboxylic acids is 1. The first kappa shape index (κ1) is 25.1. The maximum atomic E-state index is 14.0. The first-order chi connectivity index (χ1) is 19.5. The Morgan fingerprint density at radius 2 is 1.57 bits per heavy atom. The molecule has 10 nitrogen and oxygen atoms in total. The fraction of sp³-hybridized carbons (Fsp3) is 0.167. The zero-order valence-electron chi connectivity index (χ0n) is 21.8. The Kier molecular flexibility index (Phi) is 6.57. The predicted octanol–water partition coefficient (Wildman–Crippen LogP) is 4.94. The van der Waals surface area contributed by atoms with Crippen LogP contribution in [0.3, 0.4) is 0 Å². The SMILES string of the molecule is COc1ccccc1-c1cc(C(=O)N2CCN(c3ccc([N+](=O)[O-])cc3)CC2)n2nc(-c3ccccc3)cc2n1. The molecule has 0 saturated carbocycles. The summed E-state index contributed by atoms with van der Waals surface area (Å²) in [5.41, 5.74) is 4.99. The van der Waals surface area contributed by atoms with Gasteiger partial charge in [-0.25, -0.2) is 9.50 Å². The lowest BCUT2D eigenvalue weighted by Crippen LogP contribution is -2.49. The van der Waals surface area contributed by atoms with Crippen molar-refractivity contribution in [2.45, 2.75) is 0 Å². The third-order valence-electron chi connectivity index (χ3n) is 7.09. The summed E-state index contributed by atoms with van der Waals surface area (Å²) in [4.78, 5) is 33.3. The van der Waals surface area contributed by atoms with E-state index >= 15 is 0 Å². The second-order valence-corrected chi connectivity index (χ2v) is 9.45. The highest BCUT2D eigenvalue weighted by atomic mass is 16.6. The van der Waals surface area contributed by atoms with Gasteiger partial charge >= 0.3 is 0 Å². The number of amides is 1. The smallest absolute Gasteiger partial charge is 0.272 e. The van der Waals surface area contributed by atoms with Crippen LogP contribution in [0.25, 0.3) is 28.2 Å². The van der Waals surface area contributed by atoms with E-state index in [0.717, 1.165) is 22.5 Å². The van der Waals surface area contributed by atoms with Gasteiger partial charge < -0.3 is 14.5 Å². The molecular weight excluding hydrogens is 508 g/mol. The van der Waals surface area contributed by atoms with Crippen LogP contribution in [0.5, 0.6) is 5.75 Å². The minimum absolute atomic E-state index is 0.0548. The molecule has 200 valence electrons. The van der Waals surface area contributed by atoms with Gasteiger partial charge in [-0.05, 0) is 30.3 Å². The van der Waals surface area contributed by atoms with Crippen LogP contribution < -0.4 is 9.64 Å². The Labute approximate surface area is 230 Å². The number of methoxy groups -OCH3 is 1. The number of hydrogen-bond donors (Lipinski definition) is 0. The van der Waals surface area contributed by atoms with E-state index in [2.05, 4.69) is 4.90 Å². The molecule has 1 amide bonds. The largest absolute Gasteiger partial charge is 0.496 e. The van der Waals surface area contributed by atoms with E-state index in [4.69, 9.17) is 14.8 Å². The molecule has 1 fully saturated rings. The molecule has 40 heavy (non-hydrogen) atoms. The molecule has 1 aliphatic heterocycles. The minimum atomic E-state index is -0.409. The van der Waals surface area contributed by atoms with Gasteiger partial charge in [-0.1, -0.05) is 42.5 Å². The molecule has 0 N–H and O–H groups in total. The lowest BCUT2D eigenvalue weighted by atomic mass is 10.1. The third kappa shape index (κ3) is 4.71. The van der Waals surface area contributed by atoms with E-state index in [1.807, 2.05) is 65.6 Å². The first-order valence-corrected chi connectivity index (χ1v) is 12.9. The number of anilines is 1. The third-order valence-corrected chi connectivity index (χ3v) is 7.09. The number of para-hydroxylation sites is 1. The van der Waals surface area contributed by atoms with Gasteiger partial charge in [-0.15, -0.1) is 0 Å². The number of carbonyl (C=O) groups is 1. The lowest BCUT2D eigenvalue weighted by molar-refractivity contribution is -0.384. The van der Waals surface area contributed by atoms with Crippen LogP contribution in [-0.4, -0.2) is 63.6 Å². The van der Waals surface area contributed by atoms with Gasteiger partial charge in [0.1, 0.15) is 11.4 Å². The van der Waals surface area contributed by atoms with Crippen molar-refractivity contribution in [3.8, 4) is 28.3 Å². The Morgan fingerprint density at radius 1 is 0.875 bits per heavy atom. The number of nitro benzene ring substituents is 1. The van der Waals surface area contributed by atoms with Crippen LogP contribution in [0.4, 0.5) is 11.4 Å². The van der Waals surface area contributed by atoms with Crippen LogP contribution in [0.1, 0.15) is 10.5 Å². The molecule has 3 heterocycles. The number of rotatable bonds is 6. The van der Waals surface area contributed by atoms with Crippen LogP contribution in [-0.2, 0) is 0 Å². The molecule has 6 rings (SSSR count). The molecule has 1 aliphatic rings. The van der Waals surface area contributed by atoms with Gasteiger partial charge in [0.2, 0.25) is 0 Å². The highest BCUT2D eigenvalue weighted by Crippen LogP contribution is 2.31. The van der Waals surface area contributed by atoms with Crippen molar-refractivity contribution < 1.29 is 14.5 Å². The fourth-order valence-corrected chi connectivity index (χ4v) is 4.99. The maximum Gasteiger partial charge on any atom is 0.272 e. The Hall–Kier alpha value is -5.25. The van der Waals surface area contributed by atoms with Crippen molar-refractivity contribution >= 4 is 22.9 Å². The molecule has 0 atom stereocenters. The molecule has 5 aromatic rings. The van der Waals surface area contributed by atoms with Gasteiger partial charge in [-0.3, -0.25) is 14.9 Å². The summed E-state index contributed by atoms with van der Waals surface area (Å²) in [6.45, 7) is 2.20. The molecule has 10 heteroatoms. The minimum Gasteiger partial charge on any atom is -0.496 e. The van der Waals surface area contributed by atoms with Crippen LogP contribution in [0.2, 0.25) is 0 Å². The molecule has 2 aromatic heterocycles. The Bertz CT molecular complexity index is 1690. The number of hydrogen-bond acceptors (Lipinski definition) is 7. The highest BCUT2D eigenvalue weighted by Gasteiger charge is 2.26. The summed E-state index contributed by atoms with van der Waals surface area (Å²) in [5, 5.41) is 15.8. The van der Waals surface area contributed by atoms with Crippen molar-refractivity contribution in [3.63, 3.8) is 0 Å². The predicted molar refractivity (Wildman–Crippen MR) is 152 cm³/mol. The van der Waals surface area contributed by atoms with Gasteiger partial charge in [0.05, 0.1) is 23.4 Å². The number of nitrogens with zero attached hydrogens (tertiary/aromatic N) is 6. The van der Waals surface area contributed by atoms with Gasteiger partial charge in [0, 0.05) is 61.2 Å². The van der Waals surface area contributed by atoms with Gasteiger partial charge in [-0.2, -0.15) is 5.10 Å². The van der Waals surface area contributed by atoms with E-state index in [1.165, 1.54) is 12.1 Å². The fourth-order valence-electron chi connectivity index (χ4n) is 4.99. The first-order valence-electron chi connectivity index (χ1n) is 12.9. The quantitative estimate of drug-likeness (QED) is 0.224. The van der Waals surface area contributed by atoms with Crippen molar-refractivity contribution in [1.82, 2.24) is 19.5 Å². The Morgan fingerprint density at radius 3 is 2.27 bits per heavy atom.